The average Bonchev–Trinajstić information content (AvgIpc) is 2.45. The third kappa shape index (κ3) is 3.78. The maximum atomic E-state index is 13.6. The maximum Gasteiger partial charge on any atom is 0.348 e. The molecule has 0 saturated carbocycles. The van der Waals surface area contributed by atoms with Gasteiger partial charge in [0.05, 0.1) is 22.5 Å². The van der Waals surface area contributed by atoms with Gasteiger partial charge < -0.3 is 4.74 Å². The van der Waals surface area contributed by atoms with Gasteiger partial charge in [-0.2, -0.15) is 0 Å². The smallest absolute Gasteiger partial charge is 0.348 e. The second-order valence-corrected chi connectivity index (χ2v) is 3.73. The van der Waals surface area contributed by atoms with E-state index in [1.54, 1.807) is 0 Å². The first-order valence-electron chi connectivity index (χ1n) is 5.56. The summed E-state index contributed by atoms with van der Waals surface area (Å²) in [6.07, 6.45) is -2.70. The zero-order chi connectivity index (χ0) is 16.2. The van der Waals surface area contributed by atoms with Crippen LogP contribution in [0.15, 0.2) is 18.2 Å². The zero-order valence-electron chi connectivity index (χ0n) is 10.6. The zero-order valence-corrected chi connectivity index (χ0v) is 10.6. The Balaban J connectivity index is 3.22. The van der Waals surface area contributed by atoms with Crippen LogP contribution in [0, 0.1) is 20.2 Å². The number of hydrogen-bond acceptors (Lipinski definition) is 7. The van der Waals surface area contributed by atoms with Gasteiger partial charge in [-0.1, -0.05) is 0 Å². The highest BCUT2D eigenvalue weighted by atomic mass is 19.1. The van der Waals surface area contributed by atoms with Crippen molar-refractivity contribution in [1.82, 2.24) is 0 Å². The van der Waals surface area contributed by atoms with E-state index in [0.717, 1.165) is 0 Å². The number of Topliss-reactive ketones (excluding diaryl/α,β-unsaturated/α-hetero) is 1. The Hall–Kier alpha value is -2.91. The van der Waals surface area contributed by atoms with E-state index in [4.69, 9.17) is 0 Å². The number of nitrogens with zero attached hydrogens (tertiary/aromatic N) is 2. The van der Waals surface area contributed by atoms with Crippen LogP contribution >= 0.6 is 0 Å². The Morgan fingerprint density at radius 3 is 2.05 bits per heavy atom. The van der Waals surface area contributed by atoms with Crippen LogP contribution in [0.5, 0.6) is 0 Å². The van der Waals surface area contributed by atoms with Gasteiger partial charge in [0.2, 0.25) is 5.78 Å². The van der Waals surface area contributed by atoms with Crippen molar-refractivity contribution in [3.8, 4) is 0 Å². The van der Waals surface area contributed by atoms with Crippen molar-refractivity contribution in [3.63, 3.8) is 0 Å². The van der Waals surface area contributed by atoms with Crippen LogP contribution < -0.4 is 0 Å². The molecule has 10 heteroatoms. The van der Waals surface area contributed by atoms with Gasteiger partial charge in [0.15, 0.2) is 0 Å². The second-order valence-electron chi connectivity index (χ2n) is 3.73. The summed E-state index contributed by atoms with van der Waals surface area (Å²) in [7, 11) is 0. The molecule has 9 nitrogen and oxygen atoms in total. The largest absolute Gasteiger partial charge is 0.463 e. The van der Waals surface area contributed by atoms with Gasteiger partial charge in [0.25, 0.3) is 17.5 Å². The summed E-state index contributed by atoms with van der Waals surface area (Å²) in [5.74, 6) is -2.91. The number of nitro benzene ring substituents is 2. The van der Waals surface area contributed by atoms with Crippen LogP contribution in [0.3, 0.4) is 0 Å². The molecule has 21 heavy (non-hydrogen) atoms. The van der Waals surface area contributed by atoms with E-state index in [1.165, 1.54) is 6.92 Å². The van der Waals surface area contributed by atoms with E-state index in [-0.39, 0.29) is 6.61 Å². The van der Waals surface area contributed by atoms with Gasteiger partial charge in [0, 0.05) is 17.7 Å². The molecule has 1 aromatic rings. The number of carbonyl (C=O) groups excluding carboxylic acids is 2. The first-order valence-corrected chi connectivity index (χ1v) is 5.56. The van der Waals surface area contributed by atoms with Crippen molar-refractivity contribution >= 4 is 23.1 Å². The fourth-order valence-corrected chi connectivity index (χ4v) is 1.42. The maximum absolute atomic E-state index is 13.6. The van der Waals surface area contributed by atoms with Crippen molar-refractivity contribution in [2.45, 2.75) is 13.1 Å². The molecule has 0 aromatic heterocycles. The molecule has 0 amide bonds. The van der Waals surface area contributed by atoms with Gasteiger partial charge in [-0.15, -0.1) is 0 Å². The molecule has 0 fully saturated rings. The summed E-state index contributed by atoms with van der Waals surface area (Å²) >= 11 is 0. The number of hydrogen-bond donors (Lipinski definition) is 0. The highest BCUT2D eigenvalue weighted by molar-refractivity contribution is 6.11. The summed E-state index contributed by atoms with van der Waals surface area (Å²) in [6, 6.07) is 1.93. The summed E-state index contributed by atoms with van der Waals surface area (Å²) in [5.41, 5.74) is -2.18. The summed E-state index contributed by atoms with van der Waals surface area (Å²) in [6.45, 7) is 1.23. The predicted octanol–water partition coefficient (Wildman–Crippen LogP) is 1.59. The molecule has 1 atom stereocenters. The lowest BCUT2D eigenvalue weighted by atomic mass is 10.1. The van der Waals surface area contributed by atoms with Crippen molar-refractivity contribution in [2.75, 3.05) is 6.61 Å². The molecular weight excluding hydrogens is 291 g/mol. The average molecular weight is 300 g/mol. The number of nitro groups is 2. The van der Waals surface area contributed by atoms with Gasteiger partial charge in [-0.05, 0) is 6.92 Å². The van der Waals surface area contributed by atoms with E-state index in [2.05, 4.69) is 4.74 Å². The number of rotatable bonds is 6. The van der Waals surface area contributed by atoms with Crippen LogP contribution in [-0.4, -0.2) is 34.4 Å². The number of esters is 1. The van der Waals surface area contributed by atoms with Crippen LogP contribution in [0.25, 0.3) is 0 Å². The van der Waals surface area contributed by atoms with E-state index in [1.807, 2.05) is 0 Å². The lowest BCUT2D eigenvalue weighted by Gasteiger charge is -2.06. The lowest BCUT2D eigenvalue weighted by Crippen LogP contribution is -2.28. The number of alkyl halides is 1. The SMILES string of the molecule is CCOC(=O)C(F)C(=O)c1cc([N+](=O)[O-])cc([N+](=O)[O-])c1. The van der Waals surface area contributed by atoms with Crippen molar-refractivity contribution in [3.05, 3.63) is 44.0 Å². The third-order valence-corrected chi connectivity index (χ3v) is 2.33. The predicted molar refractivity (Wildman–Crippen MR) is 65.6 cm³/mol. The fourth-order valence-electron chi connectivity index (χ4n) is 1.42. The molecule has 0 aliphatic heterocycles. The first-order chi connectivity index (χ1) is 9.77. The van der Waals surface area contributed by atoms with Gasteiger partial charge in [0.1, 0.15) is 0 Å². The molecule has 1 rings (SSSR count). The molecule has 0 radical (unpaired) electrons. The molecule has 0 saturated heterocycles. The number of benzene rings is 1. The number of carbonyl (C=O) groups is 2. The number of non-ortho nitro benzene ring substituents is 2. The Morgan fingerprint density at radius 2 is 1.67 bits per heavy atom. The molecule has 0 aliphatic rings. The Labute approximate surface area is 116 Å². The molecule has 1 unspecified atom stereocenters. The minimum absolute atomic E-state index is 0.165. The van der Waals surface area contributed by atoms with E-state index >= 15 is 0 Å². The lowest BCUT2D eigenvalue weighted by molar-refractivity contribution is -0.394. The summed E-state index contributed by atoms with van der Waals surface area (Å²) in [5, 5.41) is 21.3. The molecule has 0 heterocycles. The topological polar surface area (TPSA) is 130 Å². The van der Waals surface area contributed by atoms with E-state index < -0.39 is 44.7 Å². The number of ketones is 1. The van der Waals surface area contributed by atoms with Gasteiger partial charge in [-0.25, -0.2) is 9.18 Å². The Morgan fingerprint density at radius 1 is 1.19 bits per heavy atom. The second kappa shape index (κ2) is 6.50. The fraction of sp³-hybridized carbons (Fsp3) is 0.273. The van der Waals surface area contributed by atoms with Crippen LogP contribution in [0.2, 0.25) is 0 Å². The van der Waals surface area contributed by atoms with Crippen LogP contribution in [0.1, 0.15) is 17.3 Å². The summed E-state index contributed by atoms with van der Waals surface area (Å²) in [4.78, 5) is 42.1. The molecule has 1 aromatic carbocycles. The standard InChI is InChI=1S/C11H9FN2O7/c1-2-21-11(16)9(12)10(15)6-3-7(13(17)18)5-8(4-6)14(19)20/h3-5,9H,2H2,1H3. The third-order valence-electron chi connectivity index (χ3n) is 2.33. The molecular formula is C11H9FN2O7. The normalized spacial score (nSPS) is 11.5. The molecule has 112 valence electrons. The van der Waals surface area contributed by atoms with Gasteiger partial charge in [-0.3, -0.25) is 25.0 Å². The molecule has 0 aliphatic carbocycles. The monoisotopic (exact) mass is 300 g/mol. The molecule has 0 N–H and O–H groups in total. The van der Waals surface area contributed by atoms with Crippen molar-refractivity contribution in [2.24, 2.45) is 0 Å². The minimum Gasteiger partial charge on any atom is -0.463 e. The van der Waals surface area contributed by atoms with Crippen LogP contribution in [0.4, 0.5) is 15.8 Å². The quantitative estimate of drug-likeness (QED) is 0.256. The highest BCUT2D eigenvalue weighted by Gasteiger charge is 2.31. The van der Waals surface area contributed by atoms with Crippen LogP contribution in [-0.2, 0) is 9.53 Å². The van der Waals surface area contributed by atoms with E-state index in [0.29, 0.717) is 18.2 Å². The number of ether oxygens (including phenoxy) is 1. The summed E-state index contributed by atoms with van der Waals surface area (Å²) < 4.78 is 17.9. The number of halogens is 1. The Bertz CT molecular complexity index is 584. The van der Waals surface area contributed by atoms with Gasteiger partial charge >= 0.3 is 5.97 Å². The Kier molecular flexibility index (Phi) is 5.00. The highest BCUT2D eigenvalue weighted by Crippen LogP contribution is 2.24. The minimum atomic E-state index is -2.70. The molecule has 0 spiro atoms. The van der Waals surface area contributed by atoms with E-state index in [9.17, 15) is 34.2 Å². The van der Waals surface area contributed by atoms with Crippen molar-refractivity contribution in [1.29, 1.82) is 0 Å². The first kappa shape index (κ1) is 16.1. The molecule has 0 bridgehead atoms. The van der Waals surface area contributed by atoms with Crippen molar-refractivity contribution < 1.29 is 28.6 Å².